The number of nitriles is 1. The lowest BCUT2D eigenvalue weighted by atomic mass is 10.1. The van der Waals surface area contributed by atoms with E-state index >= 15 is 0 Å². The molecule has 0 bridgehead atoms. The Balaban J connectivity index is 2.04. The van der Waals surface area contributed by atoms with Gasteiger partial charge in [-0.05, 0) is 30.7 Å². The zero-order chi connectivity index (χ0) is 13.7. The Morgan fingerprint density at radius 3 is 2.84 bits per heavy atom. The van der Waals surface area contributed by atoms with Gasteiger partial charge in [-0.2, -0.15) is 5.26 Å². The van der Waals surface area contributed by atoms with E-state index in [2.05, 4.69) is 0 Å². The van der Waals surface area contributed by atoms with E-state index in [0.717, 1.165) is 12.0 Å². The number of benzene rings is 1. The lowest BCUT2D eigenvalue weighted by molar-refractivity contribution is 0.00347. The Morgan fingerprint density at radius 1 is 1.47 bits per heavy atom. The van der Waals surface area contributed by atoms with Crippen LogP contribution in [0.3, 0.4) is 0 Å². The number of carbonyl (C=O) groups excluding carboxylic acids is 1. The van der Waals surface area contributed by atoms with E-state index in [9.17, 15) is 4.79 Å². The van der Waals surface area contributed by atoms with Gasteiger partial charge in [0.25, 0.3) is 5.91 Å². The van der Waals surface area contributed by atoms with Crippen LogP contribution in [0, 0.1) is 11.3 Å². The van der Waals surface area contributed by atoms with Gasteiger partial charge in [-0.25, -0.2) is 0 Å². The molecule has 1 aromatic carbocycles. The second kappa shape index (κ2) is 6.32. The Labute approximate surface area is 112 Å². The van der Waals surface area contributed by atoms with E-state index in [-0.39, 0.29) is 5.91 Å². The molecule has 0 saturated carbocycles. The van der Waals surface area contributed by atoms with Gasteiger partial charge >= 0.3 is 0 Å². The monoisotopic (exact) mass is 259 g/mol. The second-order valence-corrected chi connectivity index (χ2v) is 4.48. The van der Waals surface area contributed by atoms with Gasteiger partial charge in [-0.15, -0.1) is 0 Å². The van der Waals surface area contributed by atoms with Crippen LogP contribution in [-0.2, 0) is 11.2 Å². The molecule has 1 amide bonds. The summed E-state index contributed by atoms with van der Waals surface area (Å²) in [5.41, 5.74) is 7.25. The number of hydrogen-bond donors (Lipinski definition) is 1. The average Bonchev–Trinajstić information content (AvgIpc) is 2.48. The Kier molecular flexibility index (Phi) is 4.50. The van der Waals surface area contributed by atoms with Crippen molar-refractivity contribution < 1.29 is 9.53 Å². The number of nitrogens with two attached hydrogens (primary N) is 1. The maximum absolute atomic E-state index is 12.3. The molecule has 0 radical (unpaired) electrons. The third-order valence-electron chi connectivity index (χ3n) is 3.13. The topological polar surface area (TPSA) is 79.4 Å². The fourth-order valence-electron chi connectivity index (χ4n) is 2.08. The standard InChI is InChI=1S/C14H17N3O2/c15-6-5-11-1-3-12(4-2-11)14(18)17-7-8-19-13(9-16)10-17/h1-4,13H,5-8,10,15H2. The molecule has 19 heavy (non-hydrogen) atoms. The first-order valence-corrected chi connectivity index (χ1v) is 6.34. The number of nitrogens with zero attached hydrogens (tertiary/aromatic N) is 2. The molecule has 1 saturated heterocycles. The van der Waals surface area contributed by atoms with Crippen LogP contribution in [0.15, 0.2) is 24.3 Å². The van der Waals surface area contributed by atoms with Crippen LogP contribution < -0.4 is 5.73 Å². The van der Waals surface area contributed by atoms with Gasteiger partial charge < -0.3 is 15.4 Å². The lowest BCUT2D eigenvalue weighted by Crippen LogP contribution is -2.45. The van der Waals surface area contributed by atoms with Crippen molar-refractivity contribution >= 4 is 5.91 Å². The normalized spacial score (nSPS) is 18.9. The summed E-state index contributed by atoms with van der Waals surface area (Å²) in [7, 11) is 0. The van der Waals surface area contributed by atoms with Crippen molar-refractivity contribution in [3.05, 3.63) is 35.4 Å². The Bertz CT molecular complexity index is 478. The molecular formula is C14H17N3O2. The summed E-state index contributed by atoms with van der Waals surface area (Å²) >= 11 is 0. The van der Waals surface area contributed by atoms with Crippen molar-refractivity contribution in [1.29, 1.82) is 5.26 Å². The zero-order valence-electron chi connectivity index (χ0n) is 10.7. The smallest absolute Gasteiger partial charge is 0.254 e. The number of ether oxygens (including phenoxy) is 1. The van der Waals surface area contributed by atoms with Crippen LogP contribution in [0.25, 0.3) is 0 Å². The van der Waals surface area contributed by atoms with Crippen LogP contribution in [0.1, 0.15) is 15.9 Å². The van der Waals surface area contributed by atoms with Crippen molar-refractivity contribution in [2.45, 2.75) is 12.5 Å². The minimum absolute atomic E-state index is 0.0529. The third kappa shape index (κ3) is 3.31. The number of amides is 1. The van der Waals surface area contributed by atoms with Crippen molar-refractivity contribution in [3.8, 4) is 6.07 Å². The van der Waals surface area contributed by atoms with Crippen LogP contribution >= 0.6 is 0 Å². The largest absolute Gasteiger partial charge is 0.360 e. The predicted octanol–water partition coefficient (Wildman–Crippen LogP) is 0.552. The number of hydrogen-bond acceptors (Lipinski definition) is 4. The molecule has 2 rings (SSSR count). The Morgan fingerprint density at radius 2 is 2.21 bits per heavy atom. The molecule has 1 unspecified atom stereocenters. The van der Waals surface area contributed by atoms with Gasteiger partial charge in [0.15, 0.2) is 6.10 Å². The van der Waals surface area contributed by atoms with Gasteiger partial charge in [0, 0.05) is 12.1 Å². The SMILES string of the molecule is N#CC1CN(C(=O)c2ccc(CCN)cc2)CCO1. The Hall–Kier alpha value is -1.90. The highest BCUT2D eigenvalue weighted by Crippen LogP contribution is 2.11. The molecule has 1 atom stereocenters. The number of morpholine rings is 1. The summed E-state index contributed by atoms with van der Waals surface area (Å²) in [6.45, 7) is 1.87. The molecule has 1 aromatic rings. The van der Waals surface area contributed by atoms with E-state index in [1.54, 1.807) is 4.90 Å². The minimum Gasteiger partial charge on any atom is -0.360 e. The molecular weight excluding hydrogens is 242 g/mol. The van der Waals surface area contributed by atoms with E-state index in [4.69, 9.17) is 15.7 Å². The van der Waals surface area contributed by atoms with Gasteiger partial charge in [-0.1, -0.05) is 12.1 Å². The van der Waals surface area contributed by atoms with Gasteiger partial charge in [-0.3, -0.25) is 4.79 Å². The molecule has 1 fully saturated rings. The van der Waals surface area contributed by atoms with Crippen LogP contribution in [0.2, 0.25) is 0 Å². The summed E-state index contributed by atoms with van der Waals surface area (Å²) in [6.07, 6.45) is 0.289. The molecule has 0 aromatic heterocycles. The minimum atomic E-state index is -0.519. The fourth-order valence-corrected chi connectivity index (χ4v) is 2.08. The molecule has 5 nitrogen and oxygen atoms in total. The van der Waals surface area contributed by atoms with E-state index < -0.39 is 6.10 Å². The van der Waals surface area contributed by atoms with E-state index in [0.29, 0.717) is 31.8 Å². The van der Waals surface area contributed by atoms with E-state index in [1.165, 1.54) is 0 Å². The van der Waals surface area contributed by atoms with E-state index in [1.807, 2.05) is 30.3 Å². The molecule has 0 spiro atoms. The van der Waals surface area contributed by atoms with Crippen molar-refractivity contribution in [2.75, 3.05) is 26.2 Å². The van der Waals surface area contributed by atoms with Crippen molar-refractivity contribution in [1.82, 2.24) is 4.90 Å². The summed E-state index contributed by atoms with van der Waals surface area (Å²) in [4.78, 5) is 13.9. The molecule has 0 aliphatic carbocycles. The second-order valence-electron chi connectivity index (χ2n) is 4.48. The molecule has 1 heterocycles. The number of carbonyl (C=O) groups is 1. The quantitative estimate of drug-likeness (QED) is 0.859. The first-order valence-electron chi connectivity index (χ1n) is 6.34. The highest BCUT2D eigenvalue weighted by molar-refractivity contribution is 5.94. The fraction of sp³-hybridized carbons (Fsp3) is 0.429. The van der Waals surface area contributed by atoms with Crippen LogP contribution in [0.5, 0.6) is 0 Å². The number of rotatable bonds is 3. The lowest BCUT2D eigenvalue weighted by Gasteiger charge is -2.29. The maximum atomic E-state index is 12.3. The molecule has 2 N–H and O–H groups in total. The first kappa shape index (κ1) is 13.5. The summed E-state index contributed by atoms with van der Waals surface area (Å²) in [6, 6.07) is 9.49. The van der Waals surface area contributed by atoms with Crippen LogP contribution in [0.4, 0.5) is 0 Å². The van der Waals surface area contributed by atoms with Crippen molar-refractivity contribution in [3.63, 3.8) is 0 Å². The van der Waals surface area contributed by atoms with Crippen LogP contribution in [-0.4, -0.2) is 43.2 Å². The first-order chi connectivity index (χ1) is 9.24. The van der Waals surface area contributed by atoms with Crippen molar-refractivity contribution in [2.24, 2.45) is 5.73 Å². The molecule has 1 aliphatic rings. The highest BCUT2D eigenvalue weighted by Gasteiger charge is 2.24. The third-order valence-corrected chi connectivity index (χ3v) is 3.13. The molecule has 5 heteroatoms. The predicted molar refractivity (Wildman–Crippen MR) is 70.5 cm³/mol. The summed E-state index contributed by atoms with van der Waals surface area (Å²) < 4.78 is 5.23. The average molecular weight is 259 g/mol. The maximum Gasteiger partial charge on any atom is 0.254 e. The summed E-state index contributed by atoms with van der Waals surface area (Å²) in [5.74, 6) is -0.0529. The van der Waals surface area contributed by atoms with Gasteiger partial charge in [0.1, 0.15) is 0 Å². The van der Waals surface area contributed by atoms with Gasteiger partial charge in [0.2, 0.25) is 0 Å². The molecule has 1 aliphatic heterocycles. The zero-order valence-corrected chi connectivity index (χ0v) is 10.7. The summed E-state index contributed by atoms with van der Waals surface area (Å²) in [5, 5.41) is 8.83. The van der Waals surface area contributed by atoms with Gasteiger partial charge in [0.05, 0.1) is 19.2 Å². The highest BCUT2D eigenvalue weighted by atomic mass is 16.5. The molecule has 100 valence electrons.